The van der Waals surface area contributed by atoms with Gasteiger partial charge >= 0.3 is 0 Å². The second-order valence-electron chi connectivity index (χ2n) is 8.94. The largest absolute Gasteiger partial charge is 0.507 e. The van der Waals surface area contributed by atoms with Gasteiger partial charge in [-0.2, -0.15) is 8.78 Å². The summed E-state index contributed by atoms with van der Waals surface area (Å²) in [5, 5.41) is 20.8. The van der Waals surface area contributed by atoms with Gasteiger partial charge in [-0.25, -0.2) is 0 Å². The van der Waals surface area contributed by atoms with Crippen molar-refractivity contribution in [2.24, 2.45) is 5.92 Å². The van der Waals surface area contributed by atoms with E-state index in [4.69, 9.17) is 0 Å². The van der Waals surface area contributed by atoms with E-state index < -0.39 is 6.08 Å². The molecule has 0 aromatic heterocycles. The van der Waals surface area contributed by atoms with Crippen LogP contribution in [0.1, 0.15) is 88.0 Å². The minimum atomic E-state index is -1.60. The lowest BCUT2D eigenvalue weighted by Crippen LogP contribution is -2.01. The van der Waals surface area contributed by atoms with E-state index in [0.29, 0.717) is 30.3 Å². The zero-order chi connectivity index (χ0) is 23.6. The van der Waals surface area contributed by atoms with Gasteiger partial charge in [-0.05, 0) is 115 Å². The molecule has 4 heteroatoms. The van der Waals surface area contributed by atoms with Gasteiger partial charge in [0.15, 0.2) is 0 Å². The third kappa shape index (κ3) is 9.28. The van der Waals surface area contributed by atoms with Gasteiger partial charge in [0.05, 0.1) is 0 Å². The fourth-order valence-electron chi connectivity index (χ4n) is 3.80. The molecule has 0 fully saturated rings. The summed E-state index contributed by atoms with van der Waals surface area (Å²) in [5.41, 5.74) is 5.69. The first-order valence-corrected chi connectivity index (χ1v) is 11.4. The van der Waals surface area contributed by atoms with Crippen molar-refractivity contribution in [1.29, 1.82) is 0 Å². The molecule has 174 valence electrons. The molecule has 0 spiro atoms. The summed E-state index contributed by atoms with van der Waals surface area (Å²) in [6.07, 6.45) is 10.7. The van der Waals surface area contributed by atoms with Crippen LogP contribution in [0, 0.1) is 26.7 Å². The Morgan fingerprint density at radius 2 is 1.29 bits per heavy atom. The monoisotopic (exact) mass is 434 g/mol. The van der Waals surface area contributed by atoms with Crippen molar-refractivity contribution >= 4 is 0 Å². The van der Waals surface area contributed by atoms with Crippen molar-refractivity contribution in [2.75, 3.05) is 0 Å². The minimum absolute atomic E-state index is 0.298. The van der Waals surface area contributed by atoms with E-state index in [2.05, 4.69) is 26.0 Å². The predicted molar refractivity (Wildman–Crippen MR) is 127 cm³/mol. The first-order valence-electron chi connectivity index (χ1n) is 11.4. The summed E-state index contributed by atoms with van der Waals surface area (Å²) in [6.45, 7) is 11.9. The van der Waals surface area contributed by atoms with Gasteiger partial charge in [0.25, 0.3) is 6.08 Å². The van der Waals surface area contributed by atoms with Crippen LogP contribution in [0.4, 0.5) is 8.78 Å². The Hall–Kier alpha value is -2.10. The van der Waals surface area contributed by atoms with E-state index in [9.17, 15) is 19.0 Å². The number of benzene rings is 1. The number of phenols is 2. The molecule has 0 saturated heterocycles. The van der Waals surface area contributed by atoms with Gasteiger partial charge in [0.1, 0.15) is 11.5 Å². The fraction of sp³-hybridized carbons (Fsp3) is 0.556. The number of hydrogen-bond acceptors (Lipinski definition) is 2. The summed E-state index contributed by atoms with van der Waals surface area (Å²) in [4.78, 5) is 0. The van der Waals surface area contributed by atoms with Crippen LogP contribution in [0.3, 0.4) is 0 Å². The van der Waals surface area contributed by atoms with Crippen molar-refractivity contribution in [3.63, 3.8) is 0 Å². The standard InChI is InChI=1S/C27H40F2O2/c1-18(10-7-11-19(2)14-9-15-25(28)29)12-8-13-20(3)16-17-24-23(6)26(30)21(4)22(5)27(24)31/h11-12,15,20,30-31H,7-10,13-14,16-17H2,1-6H3/b18-12+,19-11+/t20-/m0/s1. The third-order valence-corrected chi connectivity index (χ3v) is 6.27. The molecule has 1 rings (SSSR count). The molecule has 31 heavy (non-hydrogen) atoms. The van der Waals surface area contributed by atoms with Gasteiger partial charge in [-0.3, -0.25) is 0 Å². The van der Waals surface area contributed by atoms with E-state index in [1.54, 1.807) is 0 Å². The van der Waals surface area contributed by atoms with Crippen LogP contribution < -0.4 is 0 Å². The first-order chi connectivity index (χ1) is 14.5. The summed E-state index contributed by atoms with van der Waals surface area (Å²) in [5.74, 6) is 1.15. The molecule has 1 atom stereocenters. The summed E-state index contributed by atoms with van der Waals surface area (Å²) < 4.78 is 24.1. The molecule has 0 radical (unpaired) electrons. The van der Waals surface area contributed by atoms with Crippen LogP contribution >= 0.6 is 0 Å². The summed E-state index contributed by atoms with van der Waals surface area (Å²) in [6, 6.07) is 0. The Morgan fingerprint density at radius 3 is 1.87 bits per heavy atom. The van der Waals surface area contributed by atoms with Crippen molar-refractivity contribution in [2.45, 2.75) is 92.9 Å². The van der Waals surface area contributed by atoms with Crippen LogP contribution in [-0.4, -0.2) is 10.2 Å². The van der Waals surface area contributed by atoms with E-state index in [-0.39, 0.29) is 0 Å². The molecular formula is C27H40F2O2. The Bertz CT molecular complexity index is 786. The van der Waals surface area contributed by atoms with Crippen LogP contribution in [0.5, 0.6) is 11.5 Å². The number of aromatic hydroxyl groups is 2. The number of allylic oxidation sites excluding steroid dienone is 5. The third-order valence-electron chi connectivity index (χ3n) is 6.27. The Balaban J connectivity index is 2.42. The lowest BCUT2D eigenvalue weighted by atomic mass is 9.91. The van der Waals surface area contributed by atoms with E-state index in [1.165, 1.54) is 5.57 Å². The molecule has 0 aliphatic heterocycles. The predicted octanol–water partition coefficient (Wildman–Crippen LogP) is 8.61. The number of hydrogen-bond donors (Lipinski definition) is 2. The maximum absolute atomic E-state index is 12.0. The van der Waals surface area contributed by atoms with E-state index in [0.717, 1.165) is 72.4 Å². The number of halogens is 2. The van der Waals surface area contributed by atoms with Crippen LogP contribution in [0.2, 0.25) is 0 Å². The van der Waals surface area contributed by atoms with Gasteiger partial charge in [-0.1, -0.05) is 30.2 Å². The van der Waals surface area contributed by atoms with Crippen molar-refractivity contribution < 1.29 is 19.0 Å². The second kappa shape index (κ2) is 13.3. The molecule has 0 unspecified atom stereocenters. The topological polar surface area (TPSA) is 40.5 Å². The molecular weight excluding hydrogens is 394 g/mol. The highest BCUT2D eigenvalue weighted by atomic mass is 19.3. The van der Waals surface area contributed by atoms with Crippen LogP contribution in [0.25, 0.3) is 0 Å². The van der Waals surface area contributed by atoms with Gasteiger partial charge in [0.2, 0.25) is 0 Å². The smallest absolute Gasteiger partial charge is 0.266 e. The molecule has 0 bridgehead atoms. The highest BCUT2D eigenvalue weighted by molar-refractivity contribution is 5.56. The maximum Gasteiger partial charge on any atom is 0.266 e. The summed E-state index contributed by atoms with van der Waals surface area (Å²) >= 11 is 0. The zero-order valence-electron chi connectivity index (χ0n) is 20.1. The highest BCUT2D eigenvalue weighted by Gasteiger charge is 2.16. The van der Waals surface area contributed by atoms with E-state index >= 15 is 0 Å². The molecule has 2 N–H and O–H groups in total. The Kier molecular flexibility index (Phi) is 11.6. The quantitative estimate of drug-likeness (QED) is 0.255. The summed E-state index contributed by atoms with van der Waals surface area (Å²) in [7, 11) is 0. The van der Waals surface area contributed by atoms with Crippen molar-refractivity contribution in [3.05, 3.63) is 57.7 Å². The van der Waals surface area contributed by atoms with E-state index in [1.807, 2.05) is 27.7 Å². The molecule has 0 heterocycles. The van der Waals surface area contributed by atoms with Crippen molar-refractivity contribution in [1.82, 2.24) is 0 Å². The van der Waals surface area contributed by atoms with Gasteiger partial charge < -0.3 is 10.2 Å². The van der Waals surface area contributed by atoms with Crippen LogP contribution in [0.15, 0.2) is 35.5 Å². The minimum Gasteiger partial charge on any atom is -0.507 e. The lowest BCUT2D eigenvalue weighted by Gasteiger charge is -2.17. The molecule has 0 saturated carbocycles. The van der Waals surface area contributed by atoms with Crippen molar-refractivity contribution in [3.8, 4) is 11.5 Å². The van der Waals surface area contributed by atoms with Gasteiger partial charge in [0, 0.05) is 5.56 Å². The second-order valence-corrected chi connectivity index (χ2v) is 8.94. The first kappa shape index (κ1) is 26.9. The van der Waals surface area contributed by atoms with Crippen LogP contribution in [-0.2, 0) is 6.42 Å². The molecule has 0 aliphatic rings. The average Bonchev–Trinajstić information content (AvgIpc) is 2.70. The Labute approximate surface area is 187 Å². The molecule has 0 amide bonds. The average molecular weight is 435 g/mol. The lowest BCUT2D eigenvalue weighted by molar-refractivity contribution is 0.417. The number of phenolic OH excluding ortho intramolecular Hbond substituents is 2. The molecule has 1 aromatic carbocycles. The maximum atomic E-state index is 12.0. The number of rotatable bonds is 12. The fourth-order valence-corrected chi connectivity index (χ4v) is 3.80. The zero-order valence-corrected chi connectivity index (χ0v) is 20.1. The molecule has 2 nitrogen and oxygen atoms in total. The Morgan fingerprint density at radius 1 is 0.774 bits per heavy atom. The normalized spacial score (nSPS) is 13.4. The molecule has 0 aliphatic carbocycles. The van der Waals surface area contributed by atoms with Gasteiger partial charge in [-0.15, -0.1) is 0 Å². The highest BCUT2D eigenvalue weighted by Crippen LogP contribution is 2.37. The molecule has 1 aromatic rings. The SMILES string of the molecule is C/C(=C\CC/C(C)=C/CC[C@H](C)CCc1c(C)c(O)c(C)c(C)c1O)CCC=C(F)F.